The maximum Gasteiger partial charge on any atom is 0.125 e. The summed E-state index contributed by atoms with van der Waals surface area (Å²) in [7, 11) is 0. The predicted octanol–water partition coefficient (Wildman–Crippen LogP) is 1.92. The fourth-order valence-corrected chi connectivity index (χ4v) is 2.36. The van der Waals surface area contributed by atoms with Gasteiger partial charge < -0.3 is 10.4 Å². The summed E-state index contributed by atoms with van der Waals surface area (Å²) in [5, 5.41) is 21.4. The van der Waals surface area contributed by atoms with Crippen LogP contribution >= 0.6 is 0 Å². The van der Waals surface area contributed by atoms with Crippen LogP contribution in [0.2, 0.25) is 0 Å². The Hall–Kier alpha value is -1.60. The first-order chi connectivity index (χ1) is 8.28. The lowest BCUT2D eigenvalue weighted by atomic mass is 9.87. The Morgan fingerprint density at radius 3 is 2.71 bits per heavy atom. The van der Waals surface area contributed by atoms with Crippen LogP contribution in [-0.2, 0) is 0 Å². The van der Waals surface area contributed by atoms with Gasteiger partial charge in [-0.3, -0.25) is 0 Å². The number of anilines is 1. The molecule has 1 saturated carbocycles. The van der Waals surface area contributed by atoms with Crippen molar-refractivity contribution in [3.8, 4) is 6.07 Å². The van der Waals surface area contributed by atoms with Crippen molar-refractivity contribution in [2.75, 3.05) is 18.5 Å². The van der Waals surface area contributed by atoms with Gasteiger partial charge >= 0.3 is 0 Å². The van der Waals surface area contributed by atoms with Crippen LogP contribution in [0.15, 0.2) is 18.3 Å². The van der Waals surface area contributed by atoms with Crippen molar-refractivity contribution < 1.29 is 5.11 Å². The van der Waals surface area contributed by atoms with Crippen LogP contribution in [0.5, 0.6) is 0 Å². The standard InChI is InChI=1S/C13H17N3O/c14-7-11-3-4-12(15-8-11)16-9-13(10-17)5-1-2-6-13/h3-4,8,17H,1-2,5-6,9-10H2,(H,15,16). The van der Waals surface area contributed by atoms with E-state index >= 15 is 0 Å². The summed E-state index contributed by atoms with van der Waals surface area (Å²) in [6.45, 7) is 0.985. The van der Waals surface area contributed by atoms with Gasteiger partial charge in [-0.15, -0.1) is 0 Å². The lowest BCUT2D eigenvalue weighted by Gasteiger charge is -2.26. The maximum absolute atomic E-state index is 9.47. The van der Waals surface area contributed by atoms with Crippen LogP contribution in [0.1, 0.15) is 31.2 Å². The molecule has 1 aliphatic carbocycles. The smallest absolute Gasteiger partial charge is 0.125 e. The van der Waals surface area contributed by atoms with E-state index in [0.29, 0.717) is 5.56 Å². The lowest BCUT2D eigenvalue weighted by Crippen LogP contribution is -2.30. The molecule has 0 aromatic carbocycles. The first kappa shape index (κ1) is 11.9. The first-order valence-electron chi connectivity index (χ1n) is 5.99. The van der Waals surface area contributed by atoms with Gasteiger partial charge in [-0.1, -0.05) is 12.8 Å². The average molecular weight is 231 g/mol. The molecule has 0 amide bonds. The quantitative estimate of drug-likeness (QED) is 0.830. The molecule has 90 valence electrons. The topological polar surface area (TPSA) is 68.9 Å². The van der Waals surface area contributed by atoms with E-state index in [0.717, 1.165) is 25.2 Å². The Morgan fingerprint density at radius 2 is 2.18 bits per heavy atom. The van der Waals surface area contributed by atoms with E-state index in [9.17, 15) is 5.11 Å². The van der Waals surface area contributed by atoms with Crippen molar-refractivity contribution in [3.05, 3.63) is 23.9 Å². The minimum Gasteiger partial charge on any atom is -0.396 e. The van der Waals surface area contributed by atoms with Crippen LogP contribution < -0.4 is 5.32 Å². The van der Waals surface area contributed by atoms with E-state index in [1.54, 1.807) is 18.3 Å². The minimum absolute atomic E-state index is 0.0234. The molecule has 1 heterocycles. The minimum atomic E-state index is 0.0234. The highest BCUT2D eigenvalue weighted by Crippen LogP contribution is 2.37. The van der Waals surface area contributed by atoms with E-state index < -0.39 is 0 Å². The first-order valence-corrected chi connectivity index (χ1v) is 5.99. The third-order valence-corrected chi connectivity index (χ3v) is 3.54. The number of pyridine rings is 1. The second-order valence-corrected chi connectivity index (χ2v) is 4.76. The van der Waals surface area contributed by atoms with E-state index in [1.165, 1.54) is 12.8 Å². The van der Waals surface area contributed by atoms with Gasteiger partial charge in [-0.25, -0.2) is 4.98 Å². The Balaban J connectivity index is 1.94. The summed E-state index contributed by atoms with van der Waals surface area (Å²) in [5.74, 6) is 0.767. The third kappa shape index (κ3) is 2.75. The highest BCUT2D eigenvalue weighted by Gasteiger charge is 2.32. The van der Waals surface area contributed by atoms with Gasteiger partial charge in [0, 0.05) is 18.2 Å². The second-order valence-electron chi connectivity index (χ2n) is 4.76. The largest absolute Gasteiger partial charge is 0.396 e. The molecule has 0 aliphatic heterocycles. The molecule has 0 atom stereocenters. The maximum atomic E-state index is 9.47. The summed E-state index contributed by atoms with van der Waals surface area (Å²) < 4.78 is 0. The molecule has 0 spiro atoms. The fraction of sp³-hybridized carbons (Fsp3) is 0.538. The zero-order chi connectivity index (χ0) is 12.1. The Morgan fingerprint density at radius 1 is 1.41 bits per heavy atom. The molecule has 4 heteroatoms. The van der Waals surface area contributed by atoms with Gasteiger partial charge in [0.1, 0.15) is 11.9 Å². The van der Waals surface area contributed by atoms with Crippen LogP contribution in [0, 0.1) is 16.7 Å². The summed E-state index contributed by atoms with van der Waals surface area (Å²) >= 11 is 0. The third-order valence-electron chi connectivity index (χ3n) is 3.54. The molecular formula is C13H17N3O. The number of nitrogens with one attached hydrogen (secondary N) is 1. The van der Waals surface area contributed by atoms with Gasteiger partial charge in [-0.2, -0.15) is 5.26 Å². The van der Waals surface area contributed by atoms with Gasteiger partial charge in [0.05, 0.1) is 12.2 Å². The van der Waals surface area contributed by atoms with E-state index in [2.05, 4.69) is 10.3 Å². The summed E-state index contributed by atoms with van der Waals surface area (Å²) in [4.78, 5) is 4.16. The van der Waals surface area contributed by atoms with Crippen molar-refractivity contribution in [3.63, 3.8) is 0 Å². The lowest BCUT2D eigenvalue weighted by molar-refractivity contribution is 0.142. The number of aliphatic hydroxyl groups is 1. The van der Waals surface area contributed by atoms with Crippen molar-refractivity contribution in [1.82, 2.24) is 4.98 Å². The van der Waals surface area contributed by atoms with Crippen molar-refractivity contribution >= 4 is 5.82 Å². The van der Waals surface area contributed by atoms with Crippen molar-refractivity contribution in [2.45, 2.75) is 25.7 Å². The van der Waals surface area contributed by atoms with Crippen LogP contribution in [-0.4, -0.2) is 23.2 Å². The zero-order valence-electron chi connectivity index (χ0n) is 9.82. The Bertz CT molecular complexity index is 402. The number of nitrogens with zero attached hydrogens (tertiary/aromatic N) is 2. The highest BCUT2D eigenvalue weighted by atomic mass is 16.3. The number of rotatable bonds is 4. The Kier molecular flexibility index (Phi) is 3.60. The van der Waals surface area contributed by atoms with Crippen LogP contribution in [0.25, 0.3) is 0 Å². The van der Waals surface area contributed by atoms with Gasteiger partial charge in [0.2, 0.25) is 0 Å². The molecule has 4 nitrogen and oxygen atoms in total. The molecule has 0 radical (unpaired) electrons. The molecule has 0 unspecified atom stereocenters. The fourth-order valence-electron chi connectivity index (χ4n) is 2.36. The summed E-state index contributed by atoms with van der Waals surface area (Å²) in [5.41, 5.74) is 0.587. The number of hydrogen-bond acceptors (Lipinski definition) is 4. The molecule has 1 aromatic rings. The number of aromatic nitrogens is 1. The predicted molar refractivity (Wildman–Crippen MR) is 65.4 cm³/mol. The summed E-state index contributed by atoms with van der Waals surface area (Å²) in [6.07, 6.45) is 6.11. The molecule has 17 heavy (non-hydrogen) atoms. The van der Waals surface area contributed by atoms with E-state index in [-0.39, 0.29) is 12.0 Å². The molecule has 2 rings (SSSR count). The molecule has 2 N–H and O–H groups in total. The molecular weight excluding hydrogens is 214 g/mol. The number of aliphatic hydroxyl groups excluding tert-OH is 1. The monoisotopic (exact) mass is 231 g/mol. The molecule has 1 aromatic heterocycles. The average Bonchev–Trinajstić information content (AvgIpc) is 2.86. The van der Waals surface area contributed by atoms with Gasteiger partial charge in [-0.05, 0) is 25.0 Å². The molecule has 1 fully saturated rings. The van der Waals surface area contributed by atoms with Crippen LogP contribution in [0.3, 0.4) is 0 Å². The molecule has 0 bridgehead atoms. The molecule has 1 aliphatic rings. The van der Waals surface area contributed by atoms with E-state index in [1.807, 2.05) is 6.07 Å². The van der Waals surface area contributed by atoms with Gasteiger partial charge in [0.15, 0.2) is 0 Å². The SMILES string of the molecule is N#Cc1ccc(NCC2(CO)CCCC2)nc1. The highest BCUT2D eigenvalue weighted by molar-refractivity contribution is 5.39. The van der Waals surface area contributed by atoms with Crippen molar-refractivity contribution in [1.29, 1.82) is 5.26 Å². The number of nitriles is 1. The molecule has 0 saturated heterocycles. The van der Waals surface area contributed by atoms with Crippen LogP contribution in [0.4, 0.5) is 5.82 Å². The zero-order valence-corrected chi connectivity index (χ0v) is 9.82. The number of hydrogen-bond donors (Lipinski definition) is 2. The van der Waals surface area contributed by atoms with E-state index in [4.69, 9.17) is 5.26 Å². The summed E-state index contributed by atoms with van der Waals surface area (Å²) in [6, 6.07) is 5.59. The normalized spacial score (nSPS) is 17.6. The van der Waals surface area contributed by atoms with Gasteiger partial charge in [0.25, 0.3) is 0 Å². The van der Waals surface area contributed by atoms with Crippen molar-refractivity contribution in [2.24, 2.45) is 5.41 Å². The Labute approximate surface area is 101 Å². The second kappa shape index (κ2) is 5.15.